The Bertz CT molecular complexity index is 590. The summed E-state index contributed by atoms with van der Waals surface area (Å²) in [7, 11) is -3.54. The first kappa shape index (κ1) is 15.0. The topological polar surface area (TPSA) is 96.0 Å². The van der Waals surface area contributed by atoms with E-state index in [0.29, 0.717) is 12.1 Å². The molecule has 0 amide bonds. The van der Waals surface area contributed by atoms with Crippen LogP contribution >= 0.6 is 0 Å². The largest absolute Gasteiger partial charge is 0.330 e. The van der Waals surface area contributed by atoms with Gasteiger partial charge in [-0.15, -0.1) is 0 Å². The van der Waals surface area contributed by atoms with Gasteiger partial charge in [0.2, 0.25) is 10.0 Å². The average molecular weight is 293 g/mol. The van der Waals surface area contributed by atoms with E-state index < -0.39 is 10.0 Å². The van der Waals surface area contributed by atoms with Crippen LogP contribution < -0.4 is 10.5 Å². The summed E-state index contributed by atoms with van der Waals surface area (Å²) in [6.45, 7) is 0.501. The Hall–Kier alpha value is -1.42. The first-order valence-electron chi connectivity index (χ1n) is 6.79. The lowest BCUT2D eigenvalue weighted by molar-refractivity contribution is 0.296. The van der Waals surface area contributed by atoms with E-state index in [0.717, 1.165) is 25.7 Å². The maximum absolute atomic E-state index is 12.3. The maximum Gasteiger partial charge on any atom is 0.240 e. The lowest BCUT2D eigenvalue weighted by atomic mass is 9.85. The second-order valence-corrected chi connectivity index (χ2v) is 6.86. The zero-order valence-corrected chi connectivity index (χ0v) is 12.1. The number of nitrogens with two attached hydrogens (primary N) is 1. The number of rotatable bonds is 4. The number of hydrogen-bond acceptors (Lipinski definition) is 4. The molecule has 6 heteroatoms. The van der Waals surface area contributed by atoms with E-state index in [1.165, 1.54) is 24.3 Å². The van der Waals surface area contributed by atoms with Crippen LogP contribution in [0.1, 0.15) is 31.2 Å². The molecule has 0 aliphatic heterocycles. The molecule has 5 nitrogen and oxygen atoms in total. The van der Waals surface area contributed by atoms with Gasteiger partial charge in [0.15, 0.2) is 0 Å². The highest BCUT2D eigenvalue weighted by Crippen LogP contribution is 2.25. The van der Waals surface area contributed by atoms with Gasteiger partial charge in [0.25, 0.3) is 0 Å². The molecule has 0 bridgehead atoms. The Labute approximate surface area is 119 Å². The van der Waals surface area contributed by atoms with Gasteiger partial charge in [-0.1, -0.05) is 12.8 Å². The highest BCUT2D eigenvalue weighted by molar-refractivity contribution is 7.89. The molecule has 0 radical (unpaired) electrons. The lowest BCUT2D eigenvalue weighted by Crippen LogP contribution is -2.44. The van der Waals surface area contributed by atoms with Crippen molar-refractivity contribution in [3.8, 4) is 6.07 Å². The van der Waals surface area contributed by atoms with Crippen molar-refractivity contribution in [1.29, 1.82) is 5.26 Å². The fourth-order valence-electron chi connectivity index (χ4n) is 2.62. The van der Waals surface area contributed by atoms with Gasteiger partial charge >= 0.3 is 0 Å². The minimum Gasteiger partial charge on any atom is -0.330 e. The Morgan fingerprint density at radius 3 is 2.50 bits per heavy atom. The van der Waals surface area contributed by atoms with Crippen LogP contribution in [0.5, 0.6) is 0 Å². The molecule has 108 valence electrons. The number of sulfonamides is 1. The van der Waals surface area contributed by atoms with Crippen molar-refractivity contribution in [2.75, 3.05) is 6.54 Å². The molecule has 1 aliphatic carbocycles. The van der Waals surface area contributed by atoms with Crippen LogP contribution in [0, 0.1) is 17.2 Å². The van der Waals surface area contributed by atoms with Crippen molar-refractivity contribution in [2.24, 2.45) is 11.7 Å². The Kier molecular flexibility index (Phi) is 4.76. The van der Waals surface area contributed by atoms with E-state index in [1.807, 2.05) is 6.07 Å². The highest BCUT2D eigenvalue weighted by Gasteiger charge is 2.28. The van der Waals surface area contributed by atoms with Crippen molar-refractivity contribution in [2.45, 2.75) is 36.6 Å². The average Bonchev–Trinajstić information content (AvgIpc) is 2.47. The monoisotopic (exact) mass is 293 g/mol. The maximum atomic E-state index is 12.3. The van der Waals surface area contributed by atoms with E-state index >= 15 is 0 Å². The zero-order valence-electron chi connectivity index (χ0n) is 11.2. The molecule has 1 aliphatic rings. The molecule has 20 heavy (non-hydrogen) atoms. The van der Waals surface area contributed by atoms with Gasteiger partial charge < -0.3 is 5.73 Å². The standard InChI is InChI=1S/C14H19N3O2S/c15-9-11-5-7-13(8-6-11)20(18,19)17-14-4-2-1-3-12(14)10-16/h5-8,12,14,17H,1-4,10,16H2/t12-,14-/m0/s1. The summed E-state index contributed by atoms with van der Waals surface area (Å²) in [5.74, 6) is 0.205. The van der Waals surface area contributed by atoms with Crippen LogP contribution in [-0.4, -0.2) is 21.0 Å². The second kappa shape index (κ2) is 6.35. The van der Waals surface area contributed by atoms with Crippen molar-refractivity contribution in [3.05, 3.63) is 29.8 Å². The quantitative estimate of drug-likeness (QED) is 0.876. The summed E-state index contributed by atoms with van der Waals surface area (Å²) in [6.07, 6.45) is 3.93. The predicted octanol–water partition coefficient (Wildman–Crippen LogP) is 1.35. The zero-order chi connectivity index (χ0) is 14.6. The molecule has 1 saturated carbocycles. The molecule has 1 aromatic rings. The summed E-state index contributed by atoms with van der Waals surface area (Å²) < 4.78 is 27.4. The number of hydrogen-bond donors (Lipinski definition) is 2. The molecule has 3 N–H and O–H groups in total. The molecule has 2 atom stereocenters. The first-order chi connectivity index (χ1) is 9.56. The molecule has 2 rings (SSSR count). The molecule has 0 saturated heterocycles. The van der Waals surface area contributed by atoms with Gasteiger partial charge in [-0.3, -0.25) is 0 Å². The van der Waals surface area contributed by atoms with Crippen LogP contribution in [0.25, 0.3) is 0 Å². The second-order valence-electron chi connectivity index (χ2n) is 5.14. The number of nitrogens with one attached hydrogen (secondary N) is 1. The van der Waals surface area contributed by atoms with Crippen molar-refractivity contribution < 1.29 is 8.42 Å². The summed E-state index contributed by atoms with van der Waals surface area (Å²) in [5.41, 5.74) is 6.16. The van der Waals surface area contributed by atoms with Crippen LogP contribution in [0.2, 0.25) is 0 Å². The van der Waals surface area contributed by atoms with Gasteiger partial charge in [0.05, 0.1) is 16.5 Å². The lowest BCUT2D eigenvalue weighted by Gasteiger charge is -2.31. The van der Waals surface area contributed by atoms with Crippen molar-refractivity contribution in [1.82, 2.24) is 4.72 Å². The summed E-state index contributed by atoms with van der Waals surface area (Å²) >= 11 is 0. The highest BCUT2D eigenvalue weighted by atomic mass is 32.2. The summed E-state index contributed by atoms with van der Waals surface area (Å²) in [5, 5.41) is 8.73. The van der Waals surface area contributed by atoms with Crippen LogP contribution in [0.4, 0.5) is 0 Å². The fourth-order valence-corrected chi connectivity index (χ4v) is 3.96. The molecule has 1 fully saturated rings. The van der Waals surface area contributed by atoms with Crippen LogP contribution in [0.3, 0.4) is 0 Å². The smallest absolute Gasteiger partial charge is 0.240 e. The van der Waals surface area contributed by atoms with Gasteiger partial charge in [0.1, 0.15) is 0 Å². The van der Waals surface area contributed by atoms with Crippen molar-refractivity contribution in [3.63, 3.8) is 0 Å². The van der Waals surface area contributed by atoms with E-state index in [2.05, 4.69) is 4.72 Å². The van der Waals surface area contributed by atoms with E-state index in [1.54, 1.807) is 0 Å². The van der Waals surface area contributed by atoms with Crippen molar-refractivity contribution >= 4 is 10.0 Å². The Balaban J connectivity index is 2.15. The molecule has 0 unspecified atom stereocenters. The first-order valence-corrected chi connectivity index (χ1v) is 8.27. The SMILES string of the molecule is N#Cc1ccc(S(=O)(=O)N[C@H]2CCCC[C@H]2CN)cc1. The molecule has 1 aromatic carbocycles. The Morgan fingerprint density at radius 1 is 1.25 bits per heavy atom. The van der Waals surface area contributed by atoms with Crippen LogP contribution in [-0.2, 0) is 10.0 Å². The number of nitrogens with zero attached hydrogens (tertiary/aromatic N) is 1. The third-order valence-corrected chi connectivity index (χ3v) is 5.32. The molecular formula is C14H19N3O2S. The minimum absolute atomic E-state index is 0.0885. The molecular weight excluding hydrogens is 274 g/mol. The molecule has 0 spiro atoms. The van der Waals surface area contributed by atoms with Gasteiger partial charge in [-0.05, 0) is 49.6 Å². The molecule has 0 heterocycles. The van der Waals surface area contributed by atoms with Gasteiger partial charge in [-0.2, -0.15) is 5.26 Å². The van der Waals surface area contributed by atoms with Gasteiger partial charge in [0, 0.05) is 6.04 Å². The van der Waals surface area contributed by atoms with Gasteiger partial charge in [-0.25, -0.2) is 13.1 Å². The predicted molar refractivity (Wildman–Crippen MR) is 76.3 cm³/mol. The fraction of sp³-hybridized carbons (Fsp3) is 0.500. The molecule has 0 aromatic heterocycles. The summed E-state index contributed by atoms with van der Waals surface area (Å²) in [4.78, 5) is 0.192. The normalized spacial score (nSPS) is 23.2. The Morgan fingerprint density at radius 2 is 1.90 bits per heavy atom. The third-order valence-electron chi connectivity index (χ3n) is 3.81. The van der Waals surface area contributed by atoms with E-state index in [9.17, 15) is 8.42 Å². The number of nitriles is 1. The summed E-state index contributed by atoms with van der Waals surface area (Å²) in [6, 6.07) is 7.82. The third kappa shape index (κ3) is 3.37. The van der Waals surface area contributed by atoms with E-state index in [4.69, 9.17) is 11.0 Å². The van der Waals surface area contributed by atoms with E-state index in [-0.39, 0.29) is 16.9 Å². The van der Waals surface area contributed by atoms with Crippen LogP contribution in [0.15, 0.2) is 29.2 Å². The minimum atomic E-state index is -3.54. The number of benzene rings is 1.